The third-order valence-corrected chi connectivity index (χ3v) is 6.41. The third-order valence-electron chi connectivity index (χ3n) is 5.72. The fourth-order valence-corrected chi connectivity index (χ4v) is 4.30. The minimum absolute atomic E-state index is 0.0730. The number of aromatic nitrogens is 2. The minimum atomic E-state index is -0.457. The Morgan fingerprint density at radius 2 is 1.87 bits per heavy atom. The number of methoxy groups -OCH3 is 1. The summed E-state index contributed by atoms with van der Waals surface area (Å²) < 4.78 is 5.00. The first-order valence-corrected chi connectivity index (χ1v) is 12.4. The number of thioether (sulfide) groups is 1. The highest BCUT2D eigenvalue weighted by atomic mass is 32.2. The van der Waals surface area contributed by atoms with Crippen molar-refractivity contribution in [2.24, 2.45) is 5.92 Å². The number of hydrogen-bond acceptors (Lipinski definition) is 8. The molecule has 1 aromatic heterocycles. The van der Waals surface area contributed by atoms with Gasteiger partial charge in [0.05, 0.1) is 19.2 Å². The van der Waals surface area contributed by atoms with Crippen molar-refractivity contribution in [3.05, 3.63) is 30.1 Å². The first-order valence-electron chi connectivity index (χ1n) is 11.1. The zero-order chi connectivity index (χ0) is 22.2. The number of nitrogens with zero attached hydrogens (tertiary/aromatic N) is 4. The van der Waals surface area contributed by atoms with E-state index >= 15 is 0 Å². The molecule has 31 heavy (non-hydrogen) atoms. The number of fused-ring (bicyclic) bond motifs is 1. The Morgan fingerprint density at radius 3 is 2.55 bits per heavy atom. The summed E-state index contributed by atoms with van der Waals surface area (Å²) in [6.07, 6.45) is 3.42. The number of carbonyl (C=O) groups excluding carboxylic acids is 1. The van der Waals surface area contributed by atoms with Crippen LogP contribution in [0.25, 0.3) is 10.9 Å². The number of nitrogens with one attached hydrogen (secondary N) is 1. The van der Waals surface area contributed by atoms with E-state index in [0.717, 1.165) is 42.9 Å². The highest BCUT2D eigenvalue weighted by molar-refractivity contribution is 7.98. The van der Waals surface area contributed by atoms with Crippen LogP contribution in [0.1, 0.15) is 26.1 Å². The highest BCUT2D eigenvalue weighted by Gasteiger charge is 2.25. The molecule has 1 atom stereocenters. The molecule has 7 nitrogen and oxygen atoms in total. The Kier molecular flexibility index (Phi) is 8.92. The van der Waals surface area contributed by atoms with Crippen LogP contribution in [-0.2, 0) is 16.1 Å². The first kappa shape index (κ1) is 23.8. The van der Waals surface area contributed by atoms with Gasteiger partial charge < -0.3 is 15.0 Å². The number of carbonyl (C=O) groups is 1. The van der Waals surface area contributed by atoms with Crippen LogP contribution in [0.5, 0.6) is 0 Å². The molecule has 0 spiro atoms. The van der Waals surface area contributed by atoms with Crippen LogP contribution in [-0.4, -0.2) is 83.6 Å². The van der Waals surface area contributed by atoms with Crippen molar-refractivity contribution in [1.29, 1.82) is 0 Å². The Labute approximate surface area is 189 Å². The number of anilines is 1. The van der Waals surface area contributed by atoms with E-state index in [0.29, 0.717) is 12.4 Å². The number of esters is 1. The zero-order valence-electron chi connectivity index (χ0n) is 19.1. The lowest BCUT2D eigenvalue weighted by Gasteiger charge is -2.34. The smallest absolute Gasteiger partial charge is 0.328 e. The van der Waals surface area contributed by atoms with Crippen LogP contribution >= 0.6 is 11.8 Å². The molecule has 1 aliphatic rings. The van der Waals surface area contributed by atoms with E-state index in [1.54, 1.807) is 0 Å². The maximum Gasteiger partial charge on any atom is 0.328 e. The van der Waals surface area contributed by atoms with E-state index in [1.807, 2.05) is 49.9 Å². The van der Waals surface area contributed by atoms with Crippen LogP contribution in [0.15, 0.2) is 24.3 Å². The second kappa shape index (κ2) is 11.6. The van der Waals surface area contributed by atoms with Gasteiger partial charge in [-0.1, -0.05) is 26.0 Å². The highest BCUT2D eigenvalue weighted by Crippen LogP contribution is 2.23. The average Bonchev–Trinajstić information content (AvgIpc) is 2.78. The molecule has 1 N–H and O–H groups in total. The molecule has 0 bridgehead atoms. The van der Waals surface area contributed by atoms with E-state index in [9.17, 15) is 4.79 Å². The first-order chi connectivity index (χ1) is 15.0. The number of para-hydroxylation sites is 1. The molecule has 170 valence electrons. The van der Waals surface area contributed by atoms with Crippen molar-refractivity contribution in [2.45, 2.75) is 32.9 Å². The Morgan fingerprint density at radius 1 is 1.16 bits per heavy atom. The molecule has 0 aliphatic carbocycles. The van der Waals surface area contributed by atoms with Crippen LogP contribution < -0.4 is 5.32 Å². The summed E-state index contributed by atoms with van der Waals surface area (Å²) in [5.74, 6) is 2.50. The van der Waals surface area contributed by atoms with Crippen molar-refractivity contribution in [3.63, 3.8) is 0 Å². The van der Waals surface area contributed by atoms with Crippen molar-refractivity contribution >= 4 is 34.5 Å². The molecule has 0 unspecified atom stereocenters. The molecule has 2 heterocycles. The van der Waals surface area contributed by atoms with Crippen LogP contribution in [0, 0.1) is 5.92 Å². The summed E-state index contributed by atoms with van der Waals surface area (Å²) in [6, 6.07) is 7.48. The maximum atomic E-state index is 12.3. The lowest BCUT2D eigenvalue weighted by molar-refractivity contribution is -0.142. The summed E-state index contributed by atoms with van der Waals surface area (Å²) in [5, 5.41) is 4.25. The van der Waals surface area contributed by atoms with E-state index in [4.69, 9.17) is 14.7 Å². The molecule has 3 rings (SSSR count). The quantitative estimate of drug-likeness (QED) is 0.442. The fraction of sp³-hybridized carbons (Fsp3) is 0.609. The largest absolute Gasteiger partial charge is 0.467 e. The minimum Gasteiger partial charge on any atom is -0.467 e. The lowest BCUT2D eigenvalue weighted by Crippen LogP contribution is -2.46. The normalized spacial score (nSPS) is 16.5. The van der Waals surface area contributed by atoms with Crippen molar-refractivity contribution in [1.82, 2.24) is 19.8 Å². The SMILES string of the molecule is COC(=O)[C@@H](Nc1nc(CN2CCN(CCCSC)CC2)nc2ccccc12)C(C)C. The van der Waals surface area contributed by atoms with E-state index in [1.165, 1.54) is 25.8 Å². The number of rotatable bonds is 10. The summed E-state index contributed by atoms with van der Waals surface area (Å²) in [4.78, 5) is 26.9. The number of benzene rings is 1. The van der Waals surface area contributed by atoms with Crippen LogP contribution in [0.3, 0.4) is 0 Å². The maximum absolute atomic E-state index is 12.3. The standard InChI is InChI=1S/C23H35N5O2S/c1-17(2)21(23(29)30-3)26-22-18-8-5-6-9-19(18)24-20(25-22)16-28-13-11-27(12-14-28)10-7-15-31-4/h5-6,8-9,17,21H,7,10-16H2,1-4H3,(H,24,25,26)/t21-/m0/s1. The molecule has 1 saturated heterocycles. The van der Waals surface area contributed by atoms with Gasteiger partial charge in [0.2, 0.25) is 0 Å². The van der Waals surface area contributed by atoms with Gasteiger partial charge in [0.1, 0.15) is 17.7 Å². The molecular formula is C23H35N5O2S. The average molecular weight is 446 g/mol. The van der Waals surface area contributed by atoms with Crippen molar-refractivity contribution in [3.8, 4) is 0 Å². The summed E-state index contributed by atoms with van der Waals surface area (Å²) in [6.45, 7) is 10.1. The molecular weight excluding hydrogens is 410 g/mol. The van der Waals surface area contributed by atoms with E-state index in [2.05, 4.69) is 21.4 Å². The number of ether oxygens (including phenoxy) is 1. The van der Waals surface area contributed by atoms with Gasteiger partial charge in [-0.05, 0) is 43.0 Å². The molecule has 1 aliphatic heterocycles. The van der Waals surface area contributed by atoms with Gasteiger partial charge in [0.15, 0.2) is 0 Å². The van der Waals surface area contributed by atoms with E-state index in [-0.39, 0.29) is 11.9 Å². The van der Waals surface area contributed by atoms with Gasteiger partial charge in [-0.3, -0.25) is 4.90 Å². The topological polar surface area (TPSA) is 70.6 Å². The Hall–Kier alpha value is -1.90. The lowest BCUT2D eigenvalue weighted by atomic mass is 10.0. The number of piperazine rings is 1. The molecule has 1 fully saturated rings. The van der Waals surface area contributed by atoms with Gasteiger partial charge in [0.25, 0.3) is 0 Å². The predicted octanol–water partition coefficient (Wildman–Crippen LogP) is 3.11. The molecule has 0 radical (unpaired) electrons. The number of hydrogen-bond donors (Lipinski definition) is 1. The summed E-state index contributed by atoms with van der Waals surface area (Å²) in [7, 11) is 1.42. The monoisotopic (exact) mass is 445 g/mol. The van der Waals surface area contributed by atoms with Gasteiger partial charge in [-0.2, -0.15) is 11.8 Å². The molecule has 1 aromatic carbocycles. The molecule has 0 saturated carbocycles. The molecule has 2 aromatic rings. The van der Waals surface area contributed by atoms with Gasteiger partial charge in [0, 0.05) is 31.6 Å². The van der Waals surface area contributed by atoms with Crippen molar-refractivity contribution in [2.75, 3.05) is 57.2 Å². The van der Waals surface area contributed by atoms with Gasteiger partial charge >= 0.3 is 5.97 Å². The Bertz CT molecular complexity index is 855. The van der Waals surface area contributed by atoms with Gasteiger partial charge in [-0.25, -0.2) is 14.8 Å². The second-order valence-electron chi connectivity index (χ2n) is 8.36. The summed E-state index contributed by atoms with van der Waals surface area (Å²) in [5.41, 5.74) is 0.887. The van der Waals surface area contributed by atoms with Crippen LogP contribution in [0.2, 0.25) is 0 Å². The fourth-order valence-electron chi connectivity index (χ4n) is 3.88. The van der Waals surface area contributed by atoms with Crippen molar-refractivity contribution < 1.29 is 9.53 Å². The zero-order valence-corrected chi connectivity index (χ0v) is 20.0. The Balaban J connectivity index is 1.73. The van der Waals surface area contributed by atoms with E-state index < -0.39 is 6.04 Å². The molecule has 0 amide bonds. The second-order valence-corrected chi connectivity index (χ2v) is 9.34. The third kappa shape index (κ3) is 6.54. The van der Waals surface area contributed by atoms with Crippen LogP contribution in [0.4, 0.5) is 5.82 Å². The predicted molar refractivity (Wildman–Crippen MR) is 129 cm³/mol. The summed E-state index contributed by atoms with van der Waals surface area (Å²) >= 11 is 1.92. The molecule has 8 heteroatoms. The van der Waals surface area contributed by atoms with Gasteiger partial charge in [-0.15, -0.1) is 0 Å².